The first kappa shape index (κ1) is 17.7. The maximum atomic E-state index is 12.7. The van der Waals surface area contributed by atoms with Crippen LogP contribution in [0.4, 0.5) is 0 Å². The number of nitrogens with one attached hydrogen (secondary N) is 1. The lowest BCUT2D eigenvalue weighted by atomic mass is 10.1. The van der Waals surface area contributed by atoms with E-state index in [-0.39, 0.29) is 11.5 Å². The van der Waals surface area contributed by atoms with Crippen molar-refractivity contribution in [1.29, 1.82) is 0 Å². The average Bonchev–Trinajstić information content (AvgIpc) is 3.09. The van der Waals surface area contributed by atoms with E-state index in [9.17, 15) is 9.59 Å². The molecule has 0 spiro atoms. The van der Waals surface area contributed by atoms with E-state index in [0.717, 1.165) is 11.1 Å². The van der Waals surface area contributed by atoms with Crippen molar-refractivity contribution in [3.8, 4) is 0 Å². The first-order valence-corrected chi connectivity index (χ1v) is 9.66. The number of halogens is 1. The van der Waals surface area contributed by atoms with Crippen LogP contribution in [0, 0.1) is 6.92 Å². The Morgan fingerprint density at radius 1 is 1.26 bits per heavy atom. The number of nitrogens with zero attached hydrogens (tertiary/aromatic N) is 2. The van der Waals surface area contributed by atoms with Gasteiger partial charge in [-0.2, -0.15) is 0 Å². The molecule has 0 bridgehead atoms. The maximum absolute atomic E-state index is 12.7. The van der Waals surface area contributed by atoms with Gasteiger partial charge in [0.15, 0.2) is 0 Å². The monoisotopic (exact) mass is 397 g/mol. The summed E-state index contributed by atoms with van der Waals surface area (Å²) in [7, 11) is 0. The summed E-state index contributed by atoms with van der Waals surface area (Å²) in [6.07, 6.45) is 2.40. The van der Waals surface area contributed by atoms with Crippen LogP contribution in [-0.2, 0) is 6.42 Å². The van der Waals surface area contributed by atoms with Gasteiger partial charge < -0.3 is 5.32 Å². The Hall–Kier alpha value is -2.70. The Kier molecular flexibility index (Phi) is 4.68. The standard InChI is InChI=1S/C20H16ClN3O2S/c1-12-3-2-10-24-17(12)23-19-15(20(24)26)11-16(27-19)18(25)22-9-8-13-4-6-14(21)7-5-13/h2-7,10-11H,8-9H2,1H3,(H,22,25). The number of thiophene rings is 1. The Labute approximate surface area is 164 Å². The predicted octanol–water partition coefficient (Wildman–Crippen LogP) is 3.84. The molecule has 0 fully saturated rings. The zero-order valence-corrected chi connectivity index (χ0v) is 16.1. The van der Waals surface area contributed by atoms with E-state index < -0.39 is 0 Å². The number of fused-ring (bicyclic) bond motifs is 2. The maximum Gasteiger partial charge on any atom is 0.266 e. The lowest BCUT2D eigenvalue weighted by molar-refractivity contribution is 0.0958. The van der Waals surface area contributed by atoms with E-state index in [0.29, 0.717) is 38.7 Å². The molecule has 7 heteroatoms. The van der Waals surface area contributed by atoms with Crippen molar-refractivity contribution in [2.24, 2.45) is 0 Å². The molecule has 3 heterocycles. The first-order chi connectivity index (χ1) is 13.0. The number of pyridine rings is 1. The van der Waals surface area contributed by atoms with Crippen LogP contribution in [0.2, 0.25) is 5.02 Å². The molecular weight excluding hydrogens is 382 g/mol. The van der Waals surface area contributed by atoms with Gasteiger partial charge in [0, 0.05) is 17.8 Å². The van der Waals surface area contributed by atoms with Crippen LogP contribution >= 0.6 is 22.9 Å². The molecule has 1 N–H and O–H groups in total. The fourth-order valence-electron chi connectivity index (χ4n) is 2.93. The van der Waals surface area contributed by atoms with Gasteiger partial charge in [0.05, 0.1) is 10.3 Å². The minimum absolute atomic E-state index is 0.157. The Morgan fingerprint density at radius 2 is 2.04 bits per heavy atom. The summed E-state index contributed by atoms with van der Waals surface area (Å²) in [5.74, 6) is -0.197. The van der Waals surface area contributed by atoms with Gasteiger partial charge in [0.25, 0.3) is 11.5 Å². The molecule has 1 aromatic carbocycles. The van der Waals surface area contributed by atoms with Gasteiger partial charge in [0.2, 0.25) is 0 Å². The van der Waals surface area contributed by atoms with Crippen molar-refractivity contribution in [2.45, 2.75) is 13.3 Å². The van der Waals surface area contributed by atoms with Crippen LogP contribution in [0.3, 0.4) is 0 Å². The van der Waals surface area contributed by atoms with Crippen molar-refractivity contribution in [3.05, 3.63) is 80.0 Å². The third kappa shape index (κ3) is 3.46. The normalized spacial score (nSPS) is 11.2. The van der Waals surface area contributed by atoms with E-state index in [4.69, 9.17) is 11.6 Å². The minimum atomic E-state index is -0.197. The summed E-state index contributed by atoms with van der Waals surface area (Å²) in [5, 5.41) is 4.05. The summed E-state index contributed by atoms with van der Waals surface area (Å²) in [6.45, 7) is 2.41. The molecule has 4 rings (SSSR count). The molecule has 3 aromatic heterocycles. The van der Waals surface area contributed by atoms with Crippen molar-refractivity contribution >= 4 is 44.7 Å². The van der Waals surface area contributed by atoms with Crippen molar-refractivity contribution < 1.29 is 4.79 Å². The fourth-order valence-corrected chi connectivity index (χ4v) is 3.99. The molecule has 136 valence electrons. The third-order valence-corrected chi connectivity index (χ3v) is 5.65. The fraction of sp³-hybridized carbons (Fsp3) is 0.150. The summed E-state index contributed by atoms with van der Waals surface area (Å²) in [6, 6.07) is 12.9. The smallest absolute Gasteiger partial charge is 0.266 e. The van der Waals surface area contributed by atoms with Gasteiger partial charge in [-0.15, -0.1) is 11.3 Å². The highest BCUT2D eigenvalue weighted by Gasteiger charge is 2.15. The van der Waals surface area contributed by atoms with Gasteiger partial charge >= 0.3 is 0 Å². The summed E-state index contributed by atoms with van der Waals surface area (Å²) < 4.78 is 1.52. The highest BCUT2D eigenvalue weighted by molar-refractivity contribution is 7.20. The molecule has 5 nitrogen and oxygen atoms in total. The first-order valence-electron chi connectivity index (χ1n) is 8.47. The lowest BCUT2D eigenvalue weighted by Gasteiger charge is -2.03. The molecule has 0 aliphatic rings. The number of carbonyl (C=O) groups excluding carboxylic acids is 1. The molecule has 0 radical (unpaired) electrons. The summed E-state index contributed by atoms with van der Waals surface area (Å²) >= 11 is 7.11. The zero-order valence-electron chi connectivity index (χ0n) is 14.5. The molecule has 0 aliphatic heterocycles. The van der Waals surface area contributed by atoms with Gasteiger partial charge in [-0.05, 0) is 48.7 Å². The number of amides is 1. The second-order valence-corrected chi connectivity index (χ2v) is 7.73. The van der Waals surface area contributed by atoms with Crippen LogP contribution in [0.5, 0.6) is 0 Å². The molecule has 0 saturated heterocycles. The zero-order chi connectivity index (χ0) is 19.0. The molecule has 1 amide bonds. The van der Waals surface area contributed by atoms with E-state index >= 15 is 0 Å². The topological polar surface area (TPSA) is 63.5 Å². The van der Waals surface area contributed by atoms with Crippen molar-refractivity contribution in [1.82, 2.24) is 14.7 Å². The highest BCUT2D eigenvalue weighted by Crippen LogP contribution is 2.22. The van der Waals surface area contributed by atoms with Gasteiger partial charge in [-0.3, -0.25) is 14.0 Å². The second kappa shape index (κ2) is 7.13. The summed E-state index contributed by atoms with van der Waals surface area (Å²) in [5.41, 5.74) is 2.47. The van der Waals surface area contributed by atoms with E-state index in [1.807, 2.05) is 43.3 Å². The number of benzene rings is 1. The molecule has 0 saturated carbocycles. The average molecular weight is 398 g/mol. The Bertz CT molecular complexity index is 1210. The number of hydrogen-bond donors (Lipinski definition) is 1. The quantitative estimate of drug-likeness (QED) is 0.569. The van der Waals surface area contributed by atoms with Crippen LogP contribution < -0.4 is 10.9 Å². The molecule has 4 aromatic rings. The van der Waals surface area contributed by atoms with Crippen LogP contribution in [-0.4, -0.2) is 21.8 Å². The highest BCUT2D eigenvalue weighted by atomic mass is 35.5. The number of aryl methyl sites for hydroxylation is 1. The van der Waals surface area contributed by atoms with Crippen LogP contribution in [0.15, 0.2) is 53.5 Å². The molecule has 0 atom stereocenters. The van der Waals surface area contributed by atoms with Gasteiger partial charge in [-0.1, -0.05) is 29.8 Å². The molecule has 0 unspecified atom stereocenters. The van der Waals surface area contributed by atoms with E-state index in [2.05, 4.69) is 10.3 Å². The van der Waals surface area contributed by atoms with Crippen LogP contribution in [0.1, 0.15) is 20.8 Å². The Morgan fingerprint density at radius 3 is 2.81 bits per heavy atom. The second-order valence-electron chi connectivity index (χ2n) is 6.26. The van der Waals surface area contributed by atoms with Gasteiger partial charge in [-0.25, -0.2) is 4.98 Å². The summed E-state index contributed by atoms with van der Waals surface area (Å²) in [4.78, 5) is 30.8. The van der Waals surface area contributed by atoms with Crippen molar-refractivity contribution in [3.63, 3.8) is 0 Å². The third-order valence-electron chi connectivity index (χ3n) is 4.37. The molecule has 0 aliphatic carbocycles. The van der Waals surface area contributed by atoms with Crippen molar-refractivity contribution in [2.75, 3.05) is 6.54 Å². The van der Waals surface area contributed by atoms with E-state index in [1.165, 1.54) is 15.7 Å². The lowest BCUT2D eigenvalue weighted by Crippen LogP contribution is -2.24. The van der Waals surface area contributed by atoms with Crippen LogP contribution in [0.25, 0.3) is 15.9 Å². The SMILES string of the molecule is Cc1cccn2c(=O)c3cc(C(=O)NCCc4ccc(Cl)cc4)sc3nc12. The molecule has 27 heavy (non-hydrogen) atoms. The minimum Gasteiger partial charge on any atom is -0.351 e. The molecular formula is C20H16ClN3O2S. The van der Waals surface area contributed by atoms with Gasteiger partial charge in [0.1, 0.15) is 10.5 Å². The number of rotatable bonds is 4. The largest absolute Gasteiger partial charge is 0.351 e. The van der Waals surface area contributed by atoms with E-state index in [1.54, 1.807) is 12.3 Å². The number of carbonyl (C=O) groups is 1. The number of aromatic nitrogens is 2. The predicted molar refractivity (Wildman–Crippen MR) is 109 cm³/mol. The number of hydrogen-bond acceptors (Lipinski definition) is 4. The Balaban J connectivity index is 1.56.